The van der Waals surface area contributed by atoms with E-state index in [-0.39, 0.29) is 0 Å². The summed E-state index contributed by atoms with van der Waals surface area (Å²) in [5, 5.41) is 0. The standard InChI is InChI=1S/C26H30N4O2/c1-28(2)13-4-16-32-22-10-7-20(8-11-22)21-9-12-25-27-23-5-3-6-24(26(23)30(25)19-21)29-14-17-31-18-15-29/h3,5-12,19H,4,13-18H2,1-2H3. The first-order chi connectivity index (χ1) is 15.7. The Morgan fingerprint density at radius 2 is 1.75 bits per heavy atom. The van der Waals surface area contributed by atoms with Gasteiger partial charge in [0.25, 0.3) is 0 Å². The van der Waals surface area contributed by atoms with Crippen molar-refractivity contribution in [3.63, 3.8) is 0 Å². The maximum Gasteiger partial charge on any atom is 0.138 e. The molecule has 1 saturated heterocycles. The first-order valence-corrected chi connectivity index (χ1v) is 11.3. The molecule has 0 radical (unpaired) electrons. The molecule has 32 heavy (non-hydrogen) atoms. The number of nitrogens with zero attached hydrogens (tertiary/aromatic N) is 4. The number of imidazole rings is 1. The van der Waals surface area contributed by atoms with Gasteiger partial charge in [-0.15, -0.1) is 0 Å². The number of hydrogen-bond donors (Lipinski definition) is 0. The highest BCUT2D eigenvalue weighted by atomic mass is 16.5. The number of aromatic nitrogens is 2. The molecule has 2 aromatic heterocycles. The van der Waals surface area contributed by atoms with Crippen molar-refractivity contribution >= 4 is 22.4 Å². The zero-order valence-corrected chi connectivity index (χ0v) is 18.8. The van der Waals surface area contributed by atoms with Crippen LogP contribution in [0.4, 0.5) is 5.69 Å². The number of para-hydroxylation sites is 1. The van der Waals surface area contributed by atoms with Crippen LogP contribution in [0.1, 0.15) is 6.42 Å². The molecule has 4 aromatic rings. The van der Waals surface area contributed by atoms with Crippen LogP contribution in [-0.4, -0.2) is 67.8 Å². The molecule has 0 N–H and O–H groups in total. The number of morpholine rings is 1. The summed E-state index contributed by atoms with van der Waals surface area (Å²) in [5.74, 6) is 0.913. The lowest BCUT2D eigenvalue weighted by molar-refractivity contribution is 0.123. The predicted octanol–water partition coefficient (Wildman–Crippen LogP) is 4.32. The maximum absolute atomic E-state index is 5.89. The van der Waals surface area contributed by atoms with Crippen molar-refractivity contribution in [3.8, 4) is 16.9 Å². The van der Waals surface area contributed by atoms with Gasteiger partial charge in [-0.25, -0.2) is 4.98 Å². The van der Waals surface area contributed by atoms with Crippen molar-refractivity contribution in [3.05, 3.63) is 60.8 Å². The van der Waals surface area contributed by atoms with Crippen LogP contribution in [0.2, 0.25) is 0 Å². The molecule has 1 fully saturated rings. The van der Waals surface area contributed by atoms with Gasteiger partial charge in [0.15, 0.2) is 0 Å². The van der Waals surface area contributed by atoms with Crippen molar-refractivity contribution in [2.24, 2.45) is 0 Å². The van der Waals surface area contributed by atoms with Crippen molar-refractivity contribution in [1.29, 1.82) is 0 Å². The van der Waals surface area contributed by atoms with Gasteiger partial charge >= 0.3 is 0 Å². The zero-order valence-electron chi connectivity index (χ0n) is 18.8. The third-order valence-electron chi connectivity index (χ3n) is 5.95. The molecule has 2 aromatic carbocycles. The van der Waals surface area contributed by atoms with Crippen molar-refractivity contribution < 1.29 is 9.47 Å². The summed E-state index contributed by atoms with van der Waals surface area (Å²) in [7, 11) is 4.16. The Labute approximate surface area is 189 Å². The lowest BCUT2D eigenvalue weighted by Crippen LogP contribution is -2.36. The van der Waals surface area contributed by atoms with Crippen LogP contribution in [0.15, 0.2) is 60.8 Å². The molecule has 0 saturated carbocycles. The van der Waals surface area contributed by atoms with E-state index in [4.69, 9.17) is 14.5 Å². The van der Waals surface area contributed by atoms with E-state index in [0.29, 0.717) is 0 Å². The normalized spacial score (nSPS) is 14.5. The van der Waals surface area contributed by atoms with E-state index in [0.717, 1.165) is 73.9 Å². The van der Waals surface area contributed by atoms with E-state index < -0.39 is 0 Å². The highest BCUT2D eigenvalue weighted by Gasteiger charge is 2.17. The smallest absolute Gasteiger partial charge is 0.138 e. The van der Waals surface area contributed by atoms with Crippen LogP contribution in [0.25, 0.3) is 27.8 Å². The van der Waals surface area contributed by atoms with E-state index in [9.17, 15) is 0 Å². The molecule has 0 bridgehead atoms. The summed E-state index contributed by atoms with van der Waals surface area (Å²) in [5.41, 5.74) is 6.69. The second-order valence-electron chi connectivity index (χ2n) is 8.53. The molecule has 0 spiro atoms. The van der Waals surface area contributed by atoms with Crippen LogP contribution in [0, 0.1) is 0 Å². The fourth-order valence-corrected chi connectivity index (χ4v) is 4.29. The molecule has 0 amide bonds. The molecule has 3 heterocycles. The third-order valence-corrected chi connectivity index (χ3v) is 5.95. The molecule has 0 atom stereocenters. The molecular weight excluding hydrogens is 400 g/mol. The topological polar surface area (TPSA) is 42.2 Å². The Morgan fingerprint density at radius 1 is 0.969 bits per heavy atom. The molecule has 6 heteroatoms. The highest BCUT2D eigenvalue weighted by Crippen LogP contribution is 2.31. The third kappa shape index (κ3) is 4.29. The van der Waals surface area contributed by atoms with E-state index in [2.05, 4.69) is 89.1 Å². The molecule has 0 unspecified atom stereocenters. The van der Waals surface area contributed by atoms with Gasteiger partial charge in [-0.2, -0.15) is 0 Å². The summed E-state index contributed by atoms with van der Waals surface area (Å²) >= 11 is 0. The highest BCUT2D eigenvalue weighted by molar-refractivity contribution is 5.92. The summed E-state index contributed by atoms with van der Waals surface area (Å²) in [6, 6.07) is 19.0. The van der Waals surface area contributed by atoms with Gasteiger partial charge in [0.1, 0.15) is 11.4 Å². The van der Waals surface area contributed by atoms with Gasteiger partial charge < -0.3 is 19.3 Å². The Bertz CT molecular complexity index is 1190. The van der Waals surface area contributed by atoms with Gasteiger partial charge in [-0.3, -0.25) is 4.40 Å². The minimum absolute atomic E-state index is 0.731. The van der Waals surface area contributed by atoms with Crippen LogP contribution < -0.4 is 9.64 Å². The second kappa shape index (κ2) is 9.18. The van der Waals surface area contributed by atoms with Gasteiger partial charge in [0, 0.05) is 25.8 Å². The fourth-order valence-electron chi connectivity index (χ4n) is 4.29. The van der Waals surface area contributed by atoms with E-state index in [1.807, 2.05) is 0 Å². The molecule has 5 rings (SSSR count). The molecule has 166 valence electrons. The molecule has 1 aliphatic rings. The fraction of sp³-hybridized carbons (Fsp3) is 0.346. The minimum atomic E-state index is 0.731. The summed E-state index contributed by atoms with van der Waals surface area (Å²) < 4.78 is 13.7. The van der Waals surface area contributed by atoms with Gasteiger partial charge in [0.2, 0.25) is 0 Å². The molecule has 6 nitrogen and oxygen atoms in total. The summed E-state index contributed by atoms with van der Waals surface area (Å²) in [4.78, 5) is 9.43. The number of rotatable bonds is 7. The largest absolute Gasteiger partial charge is 0.494 e. The maximum atomic E-state index is 5.89. The van der Waals surface area contributed by atoms with Crippen molar-refractivity contribution in [2.75, 3.05) is 58.5 Å². The van der Waals surface area contributed by atoms with Crippen LogP contribution in [0.5, 0.6) is 5.75 Å². The van der Waals surface area contributed by atoms with E-state index >= 15 is 0 Å². The lowest BCUT2D eigenvalue weighted by Gasteiger charge is -2.29. The zero-order chi connectivity index (χ0) is 21.9. The average Bonchev–Trinajstić information content (AvgIpc) is 3.21. The molecular formula is C26H30N4O2. The summed E-state index contributed by atoms with van der Waals surface area (Å²) in [6.07, 6.45) is 3.21. The SMILES string of the molecule is CN(C)CCCOc1ccc(-c2ccc3nc4cccc(N5CCOCC5)c4n3c2)cc1. The van der Waals surface area contributed by atoms with Gasteiger partial charge in [-0.1, -0.05) is 18.2 Å². The van der Waals surface area contributed by atoms with Crippen molar-refractivity contribution in [1.82, 2.24) is 14.3 Å². The van der Waals surface area contributed by atoms with Crippen LogP contribution in [-0.2, 0) is 4.74 Å². The predicted molar refractivity (Wildman–Crippen MR) is 130 cm³/mol. The molecule has 1 aliphatic heterocycles. The minimum Gasteiger partial charge on any atom is -0.494 e. The lowest BCUT2D eigenvalue weighted by atomic mass is 10.1. The molecule has 0 aliphatic carbocycles. The second-order valence-corrected chi connectivity index (χ2v) is 8.53. The Kier molecular flexibility index (Phi) is 5.97. The number of pyridine rings is 1. The van der Waals surface area contributed by atoms with Crippen molar-refractivity contribution in [2.45, 2.75) is 6.42 Å². The number of anilines is 1. The Balaban J connectivity index is 1.43. The summed E-state index contributed by atoms with van der Waals surface area (Å²) in [6.45, 7) is 5.10. The number of hydrogen-bond acceptors (Lipinski definition) is 5. The van der Waals surface area contributed by atoms with Gasteiger partial charge in [0.05, 0.1) is 36.5 Å². The monoisotopic (exact) mass is 430 g/mol. The number of ether oxygens (including phenoxy) is 2. The number of fused-ring (bicyclic) bond motifs is 3. The quantitative estimate of drug-likeness (QED) is 0.409. The van der Waals surface area contributed by atoms with Crippen LogP contribution in [0.3, 0.4) is 0 Å². The van der Waals surface area contributed by atoms with E-state index in [1.54, 1.807) is 0 Å². The van der Waals surface area contributed by atoms with E-state index in [1.165, 1.54) is 11.3 Å². The first kappa shape index (κ1) is 20.8. The van der Waals surface area contributed by atoms with Gasteiger partial charge in [-0.05, 0) is 68.0 Å². The first-order valence-electron chi connectivity index (χ1n) is 11.3. The Hall–Kier alpha value is -3.09. The average molecular weight is 431 g/mol. The Morgan fingerprint density at radius 3 is 2.53 bits per heavy atom. The van der Waals surface area contributed by atoms with Crippen LogP contribution >= 0.6 is 0 Å². The number of benzene rings is 2.